The van der Waals surface area contributed by atoms with Gasteiger partial charge in [-0.25, -0.2) is 34.5 Å². The number of H-pyrrole nitrogens is 1. The lowest BCUT2D eigenvalue weighted by molar-refractivity contribution is 1.13. The van der Waals surface area contributed by atoms with Gasteiger partial charge in [-0.3, -0.25) is 0 Å². The van der Waals surface area contributed by atoms with Gasteiger partial charge < -0.3 is 4.98 Å². The molecular formula is C34H18N8. The third-order valence-corrected chi connectivity index (χ3v) is 7.74. The summed E-state index contributed by atoms with van der Waals surface area (Å²) in [4.78, 5) is 33.4. The second-order valence-electron chi connectivity index (χ2n) is 10.1. The van der Waals surface area contributed by atoms with Crippen LogP contribution in [0.5, 0.6) is 0 Å². The Hall–Kier alpha value is -6.20. The Morgan fingerprint density at radius 2 is 0.810 bits per heavy atom. The minimum atomic E-state index is 0.530. The van der Waals surface area contributed by atoms with Crippen molar-refractivity contribution in [3.63, 3.8) is 0 Å². The highest BCUT2D eigenvalue weighted by atomic mass is 15.1. The number of nitrogens with one attached hydrogen (secondary N) is 1. The van der Waals surface area contributed by atoms with Crippen molar-refractivity contribution < 1.29 is 0 Å². The van der Waals surface area contributed by atoms with Crippen LogP contribution in [0.3, 0.4) is 0 Å². The number of fused-ring (bicyclic) bond motifs is 20. The molecular weight excluding hydrogens is 520 g/mol. The standard InChI is InChI=1S/C34H18N8/c1-2-42-33-25-17-9-10-18-26(25)34(42)41-32-24-16-8-6-14-22(24)30(39-32)37-28-20-12-4-3-11-19(20)27(35-28)36-29-21-13-5-7-15-23(21)31(38-29)40-33/h1,3-18H,(H,35,36,37,38,39,40,41). The zero-order chi connectivity index (χ0) is 27.8. The lowest BCUT2D eigenvalue weighted by atomic mass is 10.1. The molecule has 0 atom stereocenters. The summed E-state index contributed by atoms with van der Waals surface area (Å²) in [5, 5.41) is 3.60. The van der Waals surface area contributed by atoms with E-state index in [0.717, 1.165) is 43.8 Å². The first-order valence-corrected chi connectivity index (χ1v) is 13.5. The SMILES string of the molecule is C#Cn1c2nc3nc(nc4[nH]c(nc5nc(nc1c1ccccc12)-c1ccccc1-5)c1ccccc41)-c1ccccc1-3. The van der Waals surface area contributed by atoms with Crippen LogP contribution in [0.15, 0.2) is 97.1 Å². The average molecular weight is 539 g/mol. The van der Waals surface area contributed by atoms with Crippen LogP contribution in [0, 0.1) is 12.5 Å². The average Bonchev–Trinajstić information content (AvgIpc) is 3.75. The van der Waals surface area contributed by atoms with Crippen LogP contribution in [0.25, 0.3) is 89.7 Å². The first kappa shape index (κ1) is 22.6. The summed E-state index contributed by atoms with van der Waals surface area (Å²) in [5.74, 6) is 2.18. The molecule has 0 unspecified atom stereocenters. The number of nitrogens with zero attached hydrogens (tertiary/aromatic N) is 7. The molecule has 0 aliphatic carbocycles. The molecule has 194 valence electrons. The molecule has 2 aliphatic heterocycles. The molecule has 1 N–H and O–H groups in total. The van der Waals surface area contributed by atoms with E-state index in [9.17, 15) is 0 Å². The van der Waals surface area contributed by atoms with Gasteiger partial charge in [0, 0.05) is 49.8 Å². The third-order valence-electron chi connectivity index (χ3n) is 7.74. The summed E-state index contributed by atoms with van der Waals surface area (Å²) in [6.45, 7) is 0. The Balaban J connectivity index is 1.55. The molecule has 0 saturated heterocycles. The number of benzene rings is 4. The lowest BCUT2D eigenvalue weighted by Gasteiger charge is -1.98. The summed E-state index contributed by atoms with van der Waals surface area (Å²) >= 11 is 0. The number of aromatic nitrogens is 8. The summed E-state index contributed by atoms with van der Waals surface area (Å²) < 4.78 is 1.67. The van der Waals surface area contributed by atoms with Crippen molar-refractivity contribution in [3.8, 4) is 58.0 Å². The Kier molecular flexibility index (Phi) is 4.52. The number of hydrogen-bond donors (Lipinski definition) is 1. The maximum absolute atomic E-state index is 6.13. The van der Waals surface area contributed by atoms with Crippen LogP contribution >= 0.6 is 0 Å². The van der Waals surface area contributed by atoms with E-state index in [1.54, 1.807) is 4.57 Å². The van der Waals surface area contributed by atoms with Gasteiger partial charge in [-0.1, -0.05) is 103 Å². The van der Waals surface area contributed by atoms with E-state index in [1.165, 1.54) is 0 Å². The predicted molar refractivity (Wildman–Crippen MR) is 164 cm³/mol. The van der Waals surface area contributed by atoms with Gasteiger partial charge in [0.2, 0.25) is 0 Å². The monoisotopic (exact) mass is 538 g/mol. The van der Waals surface area contributed by atoms with E-state index in [4.69, 9.17) is 36.3 Å². The van der Waals surface area contributed by atoms with Crippen molar-refractivity contribution >= 4 is 44.1 Å². The van der Waals surface area contributed by atoms with Crippen molar-refractivity contribution in [1.29, 1.82) is 0 Å². The zero-order valence-electron chi connectivity index (χ0n) is 21.9. The highest BCUT2D eigenvalue weighted by molar-refractivity contribution is 6.07. The zero-order valence-corrected chi connectivity index (χ0v) is 21.9. The van der Waals surface area contributed by atoms with Gasteiger partial charge in [0.1, 0.15) is 11.3 Å². The largest absolute Gasteiger partial charge is 0.324 e. The van der Waals surface area contributed by atoms with Gasteiger partial charge in [0.25, 0.3) is 0 Å². The van der Waals surface area contributed by atoms with Gasteiger partial charge in [-0.15, -0.1) is 0 Å². The fraction of sp³-hybridized carbons (Fsp3) is 0. The van der Waals surface area contributed by atoms with Crippen LogP contribution < -0.4 is 0 Å². The van der Waals surface area contributed by atoms with Crippen molar-refractivity contribution in [3.05, 3.63) is 97.1 Å². The molecule has 2 aliphatic rings. The second-order valence-corrected chi connectivity index (χ2v) is 10.1. The van der Waals surface area contributed by atoms with E-state index in [-0.39, 0.29) is 0 Å². The van der Waals surface area contributed by atoms with E-state index in [0.29, 0.717) is 45.9 Å². The van der Waals surface area contributed by atoms with Crippen molar-refractivity contribution in [2.24, 2.45) is 0 Å². The Bertz CT molecular complexity index is 2330. The molecule has 5 heterocycles. The number of aromatic amines is 1. The maximum Gasteiger partial charge on any atom is 0.164 e. The molecule has 8 bridgehead atoms. The molecule has 3 aromatic heterocycles. The van der Waals surface area contributed by atoms with Crippen LogP contribution in [0.4, 0.5) is 0 Å². The van der Waals surface area contributed by atoms with Crippen molar-refractivity contribution in [1.82, 2.24) is 39.5 Å². The molecule has 42 heavy (non-hydrogen) atoms. The third kappa shape index (κ3) is 3.13. The van der Waals surface area contributed by atoms with E-state index >= 15 is 0 Å². The maximum atomic E-state index is 6.13. The highest BCUT2D eigenvalue weighted by Crippen LogP contribution is 2.37. The Morgan fingerprint density at radius 1 is 0.452 bits per heavy atom. The number of hydrogen-bond acceptors (Lipinski definition) is 6. The molecule has 4 aromatic carbocycles. The molecule has 0 amide bonds. The molecule has 7 aromatic rings. The van der Waals surface area contributed by atoms with Crippen molar-refractivity contribution in [2.45, 2.75) is 0 Å². The minimum Gasteiger partial charge on any atom is -0.324 e. The van der Waals surface area contributed by atoms with Crippen LogP contribution in [0.1, 0.15) is 0 Å². The van der Waals surface area contributed by atoms with Gasteiger partial charge in [-0.2, -0.15) is 0 Å². The number of rotatable bonds is 0. The first-order valence-electron chi connectivity index (χ1n) is 13.5. The summed E-state index contributed by atoms with van der Waals surface area (Å²) in [6, 6.07) is 34.7. The van der Waals surface area contributed by atoms with Crippen LogP contribution in [-0.2, 0) is 0 Å². The molecule has 0 radical (unpaired) electrons. The minimum absolute atomic E-state index is 0.530. The predicted octanol–water partition coefficient (Wildman–Crippen LogP) is 6.78. The van der Waals surface area contributed by atoms with Gasteiger partial charge in [0.15, 0.2) is 34.6 Å². The fourth-order valence-corrected chi connectivity index (χ4v) is 5.82. The first-order chi connectivity index (χ1) is 20.8. The normalized spacial score (nSPS) is 11.8. The molecule has 0 fully saturated rings. The highest BCUT2D eigenvalue weighted by Gasteiger charge is 2.22. The smallest absolute Gasteiger partial charge is 0.164 e. The summed E-state index contributed by atoms with van der Waals surface area (Å²) in [6.07, 6.45) is 6.13. The Labute approximate surface area is 238 Å². The van der Waals surface area contributed by atoms with Crippen molar-refractivity contribution in [2.75, 3.05) is 0 Å². The van der Waals surface area contributed by atoms with E-state index in [2.05, 4.69) is 11.0 Å². The van der Waals surface area contributed by atoms with E-state index < -0.39 is 0 Å². The van der Waals surface area contributed by atoms with Gasteiger partial charge in [0.05, 0.1) is 0 Å². The number of terminal acetylenes is 1. The van der Waals surface area contributed by atoms with Gasteiger partial charge >= 0.3 is 0 Å². The summed E-state index contributed by atoms with van der Waals surface area (Å²) in [5.41, 5.74) is 5.99. The molecule has 0 saturated carbocycles. The molecule has 8 nitrogen and oxygen atoms in total. The van der Waals surface area contributed by atoms with E-state index in [1.807, 2.05) is 97.1 Å². The lowest BCUT2D eigenvalue weighted by Crippen LogP contribution is -1.93. The quantitative estimate of drug-likeness (QED) is 0.214. The fourth-order valence-electron chi connectivity index (χ4n) is 5.82. The summed E-state index contributed by atoms with van der Waals surface area (Å²) in [7, 11) is 0. The molecule has 0 spiro atoms. The topological polar surface area (TPSA) is 98.1 Å². The molecule has 9 rings (SSSR count). The van der Waals surface area contributed by atoms with Crippen LogP contribution in [-0.4, -0.2) is 39.5 Å². The molecule has 8 heteroatoms. The second kappa shape index (κ2) is 8.40. The Morgan fingerprint density at radius 3 is 1.21 bits per heavy atom. The van der Waals surface area contributed by atoms with Crippen LogP contribution in [0.2, 0.25) is 0 Å². The van der Waals surface area contributed by atoms with Gasteiger partial charge in [-0.05, 0) is 0 Å².